The second kappa shape index (κ2) is 9.49. The Labute approximate surface area is 216 Å². The molecular weight excluding hydrogens is 526 g/mol. The van der Waals surface area contributed by atoms with Crippen molar-refractivity contribution in [2.24, 2.45) is 5.41 Å². The molecule has 196 valence electrons. The van der Waals surface area contributed by atoms with Crippen molar-refractivity contribution in [2.45, 2.75) is 55.6 Å². The number of nitrogens with zero attached hydrogens (tertiary/aromatic N) is 1. The number of aromatic nitrogens is 1. The lowest BCUT2D eigenvalue weighted by Crippen LogP contribution is -2.55. The van der Waals surface area contributed by atoms with Gasteiger partial charge in [-0.05, 0) is 61.4 Å². The molecule has 0 unspecified atom stereocenters. The van der Waals surface area contributed by atoms with E-state index in [1.54, 1.807) is 16.9 Å². The summed E-state index contributed by atoms with van der Waals surface area (Å²) in [5.41, 5.74) is 1.58. The third-order valence-corrected chi connectivity index (χ3v) is 8.35. The van der Waals surface area contributed by atoms with E-state index >= 15 is 0 Å². The molecule has 2 amide bonds. The summed E-state index contributed by atoms with van der Waals surface area (Å²) >= 11 is 6.02. The number of methoxy groups -OCH3 is 1. The average Bonchev–Trinajstić information content (AvgIpc) is 3.45. The van der Waals surface area contributed by atoms with Crippen LogP contribution in [0.4, 0.5) is 0 Å². The molecule has 13 heteroatoms. The second-order valence-electron chi connectivity index (χ2n) is 9.57. The van der Waals surface area contributed by atoms with Crippen LogP contribution in [0.2, 0.25) is 5.02 Å². The van der Waals surface area contributed by atoms with Crippen LogP contribution in [0.1, 0.15) is 60.9 Å². The van der Waals surface area contributed by atoms with E-state index in [9.17, 15) is 22.8 Å². The van der Waals surface area contributed by atoms with Crippen LogP contribution in [0.5, 0.6) is 0 Å². The van der Waals surface area contributed by atoms with Gasteiger partial charge in [-0.2, -0.15) is 8.42 Å². The Morgan fingerprint density at radius 3 is 2.59 bits per heavy atom. The van der Waals surface area contributed by atoms with Crippen molar-refractivity contribution >= 4 is 50.5 Å². The number of halogens is 1. The van der Waals surface area contributed by atoms with Gasteiger partial charge in [-0.3, -0.25) is 14.4 Å². The van der Waals surface area contributed by atoms with Crippen molar-refractivity contribution in [3.05, 3.63) is 47.0 Å². The molecule has 2 heterocycles. The number of oxazole rings is 1. The molecular formula is C24H24ClN3O8S. The summed E-state index contributed by atoms with van der Waals surface area (Å²) in [6.07, 6.45) is 2.78. The largest absolute Gasteiger partial charge is 0.469 e. The lowest BCUT2D eigenvalue weighted by molar-refractivity contribution is -0.142. The van der Waals surface area contributed by atoms with Gasteiger partial charge in [-0.15, -0.1) is 0 Å². The van der Waals surface area contributed by atoms with E-state index in [-0.39, 0.29) is 36.0 Å². The second-order valence-corrected chi connectivity index (χ2v) is 11.6. The molecule has 5 rings (SSSR count). The van der Waals surface area contributed by atoms with Crippen LogP contribution >= 0.6 is 11.6 Å². The predicted octanol–water partition coefficient (Wildman–Crippen LogP) is 3.29. The maximum Gasteiger partial charge on any atom is 0.306 e. The number of hydrogen-bond donors (Lipinski definition) is 2. The number of hydrogen-bond acceptors (Lipinski definition) is 9. The van der Waals surface area contributed by atoms with Crippen molar-refractivity contribution < 1.29 is 36.4 Å². The van der Waals surface area contributed by atoms with Gasteiger partial charge >= 0.3 is 5.97 Å². The average molecular weight is 550 g/mol. The van der Waals surface area contributed by atoms with Crippen molar-refractivity contribution in [1.82, 2.24) is 15.0 Å². The summed E-state index contributed by atoms with van der Waals surface area (Å²) in [5.74, 6) is -1.32. The Hall–Kier alpha value is -3.38. The van der Waals surface area contributed by atoms with Gasteiger partial charge in [0, 0.05) is 23.4 Å². The van der Waals surface area contributed by atoms with Gasteiger partial charge in [-0.1, -0.05) is 11.6 Å². The first-order chi connectivity index (χ1) is 17.6. The van der Waals surface area contributed by atoms with Gasteiger partial charge in [-0.25, -0.2) is 9.71 Å². The molecule has 3 aromatic rings. The minimum absolute atomic E-state index is 0.0564. The molecule has 2 aliphatic rings. The number of carbonyl (C=O) groups is 3. The third kappa shape index (κ3) is 5.21. The summed E-state index contributed by atoms with van der Waals surface area (Å²) in [7, 11) is -3.16. The van der Waals surface area contributed by atoms with Crippen LogP contribution < -0.4 is 10.0 Å². The highest BCUT2D eigenvalue weighted by atomic mass is 35.5. The number of rotatable bonds is 8. The zero-order chi connectivity index (χ0) is 26.4. The highest BCUT2D eigenvalue weighted by Gasteiger charge is 2.54. The number of sulfonamides is 1. The Bertz CT molecular complexity index is 1480. The van der Waals surface area contributed by atoms with E-state index in [1.165, 1.54) is 6.07 Å². The molecule has 1 aromatic carbocycles. The summed E-state index contributed by atoms with van der Waals surface area (Å²) < 4.78 is 42.0. The van der Waals surface area contributed by atoms with E-state index in [0.717, 1.165) is 44.4 Å². The molecule has 2 fully saturated rings. The van der Waals surface area contributed by atoms with Gasteiger partial charge in [0.2, 0.25) is 11.0 Å². The lowest BCUT2D eigenvalue weighted by Gasteiger charge is -2.57. The van der Waals surface area contributed by atoms with E-state index < -0.39 is 32.9 Å². The van der Waals surface area contributed by atoms with Crippen LogP contribution in [-0.4, -0.2) is 44.3 Å². The van der Waals surface area contributed by atoms with Gasteiger partial charge in [0.1, 0.15) is 5.52 Å². The summed E-state index contributed by atoms with van der Waals surface area (Å²) in [4.78, 5) is 40.1. The summed E-state index contributed by atoms with van der Waals surface area (Å²) in [5, 5.41) is 2.90. The first-order valence-corrected chi connectivity index (χ1v) is 13.5. The lowest BCUT2D eigenvalue weighted by atomic mass is 9.50. The quantitative estimate of drug-likeness (QED) is 0.402. The number of furan rings is 1. The number of benzene rings is 1. The molecule has 0 aliphatic heterocycles. The minimum atomic E-state index is -4.33. The van der Waals surface area contributed by atoms with E-state index in [2.05, 4.69) is 15.0 Å². The highest BCUT2D eigenvalue weighted by Crippen LogP contribution is 2.61. The van der Waals surface area contributed by atoms with E-state index in [4.69, 9.17) is 20.4 Å². The van der Waals surface area contributed by atoms with Crippen LogP contribution in [0, 0.1) is 5.41 Å². The monoisotopic (exact) mass is 549 g/mol. The predicted molar refractivity (Wildman–Crippen MR) is 129 cm³/mol. The van der Waals surface area contributed by atoms with Crippen molar-refractivity contribution in [3.8, 4) is 0 Å². The normalized spacial score (nSPS) is 22.8. The molecule has 0 saturated heterocycles. The number of esters is 1. The van der Waals surface area contributed by atoms with Crippen LogP contribution in [0.3, 0.4) is 0 Å². The molecule has 2 saturated carbocycles. The molecule has 1 spiro atoms. The number of amides is 2. The van der Waals surface area contributed by atoms with Crippen LogP contribution in [0.15, 0.2) is 44.3 Å². The van der Waals surface area contributed by atoms with E-state index in [1.807, 2.05) is 6.07 Å². The number of fused-ring (bicyclic) bond motifs is 1. The van der Waals surface area contributed by atoms with Gasteiger partial charge in [0.15, 0.2) is 17.2 Å². The fourth-order valence-electron chi connectivity index (χ4n) is 5.09. The fraction of sp³-hybridized carbons (Fsp3) is 0.417. The molecule has 37 heavy (non-hydrogen) atoms. The molecule has 0 bridgehead atoms. The number of ether oxygens (including phenoxy) is 1. The minimum Gasteiger partial charge on any atom is -0.469 e. The standard InChI is InChI=1S/C24H24ClN3O8S/c1-34-20(30)6-5-19(29)28-37(32,33)21-7-4-18(35-21)22(31)26-15-11-24(12-15)9-13(10-24)23-27-16-8-14(25)2-3-17(16)36-23/h2-4,7-8,13,15H,5-6,9-12H2,1H3,(H,26,31)(H,28,29)/t13-,15-,24?. The zero-order valence-electron chi connectivity index (χ0n) is 19.8. The van der Waals surface area contributed by atoms with Gasteiger partial charge in [0.25, 0.3) is 15.9 Å². The molecule has 2 aliphatic carbocycles. The van der Waals surface area contributed by atoms with Crippen LogP contribution in [0.25, 0.3) is 11.1 Å². The zero-order valence-corrected chi connectivity index (χ0v) is 21.4. The highest BCUT2D eigenvalue weighted by molar-refractivity contribution is 7.89. The molecule has 11 nitrogen and oxygen atoms in total. The number of nitrogens with one attached hydrogen (secondary N) is 2. The third-order valence-electron chi connectivity index (χ3n) is 6.87. The fourth-order valence-corrected chi connectivity index (χ4v) is 6.20. The molecule has 2 aromatic heterocycles. The first kappa shape index (κ1) is 25.3. The first-order valence-electron chi connectivity index (χ1n) is 11.6. The number of carbonyl (C=O) groups excluding carboxylic acids is 3. The Morgan fingerprint density at radius 2 is 1.86 bits per heavy atom. The Morgan fingerprint density at radius 1 is 1.11 bits per heavy atom. The van der Waals surface area contributed by atoms with Crippen molar-refractivity contribution in [2.75, 3.05) is 7.11 Å². The van der Waals surface area contributed by atoms with Gasteiger partial charge < -0.3 is 18.9 Å². The van der Waals surface area contributed by atoms with E-state index in [0.29, 0.717) is 16.5 Å². The van der Waals surface area contributed by atoms with Crippen molar-refractivity contribution in [3.63, 3.8) is 0 Å². The summed E-state index contributed by atoms with van der Waals surface area (Å²) in [6, 6.07) is 7.62. The topological polar surface area (TPSA) is 158 Å². The Kier molecular flexibility index (Phi) is 6.48. The molecule has 0 radical (unpaired) electrons. The van der Waals surface area contributed by atoms with Crippen LogP contribution in [-0.2, 0) is 24.3 Å². The maximum absolute atomic E-state index is 12.6. The summed E-state index contributed by atoms with van der Waals surface area (Å²) in [6.45, 7) is 0. The SMILES string of the molecule is COC(=O)CCC(=O)NS(=O)(=O)c1ccc(C(=O)N[C@H]2CC3(C2)C[C@H](c2nc4cc(Cl)ccc4o2)C3)o1. The molecule has 2 N–H and O–H groups in total. The smallest absolute Gasteiger partial charge is 0.306 e. The Balaban J connectivity index is 1.10. The maximum atomic E-state index is 12.6. The van der Waals surface area contributed by atoms with Crippen molar-refractivity contribution in [1.29, 1.82) is 0 Å². The van der Waals surface area contributed by atoms with Gasteiger partial charge in [0.05, 0.1) is 13.5 Å². The molecule has 0 atom stereocenters.